The van der Waals surface area contributed by atoms with Gasteiger partial charge in [0.25, 0.3) is 0 Å². The summed E-state index contributed by atoms with van der Waals surface area (Å²) in [6, 6.07) is 0. The van der Waals surface area contributed by atoms with E-state index < -0.39 is 6.09 Å². The average Bonchev–Trinajstić information content (AvgIpc) is 2.59. The summed E-state index contributed by atoms with van der Waals surface area (Å²) in [6.07, 6.45) is -0.147. The number of nitrogens with zero attached hydrogens (tertiary/aromatic N) is 2. The molecule has 1 aromatic rings. The molecule has 0 saturated heterocycles. The average molecular weight is 209 g/mol. The van der Waals surface area contributed by atoms with Crippen LogP contribution in [0.3, 0.4) is 0 Å². The molecule has 1 amide bonds. The molecule has 0 fully saturated rings. The molecule has 15 heavy (non-hydrogen) atoms. The highest BCUT2D eigenvalue weighted by Gasteiger charge is 2.23. The Balaban J connectivity index is 2.22. The van der Waals surface area contributed by atoms with Crippen LogP contribution in [0, 0.1) is 0 Å². The molecular formula is C10H15N3O2. The molecule has 0 unspecified atom stereocenters. The summed E-state index contributed by atoms with van der Waals surface area (Å²) in [5.41, 5.74) is 1.98. The van der Waals surface area contributed by atoms with Crippen LogP contribution in [-0.2, 0) is 13.0 Å². The van der Waals surface area contributed by atoms with Crippen LogP contribution in [0.5, 0.6) is 0 Å². The molecule has 82 valence electrons. The van der Waals surface area contributed by atoms with E-state index in [0.717, 1.165) is 17.2 Å². The smallest absolute Gasteiger partial charge is 0.407 e. The predicted molar refractivity (Wildman–Crippen MR) is 54.8 cm³/mol. The first-order valence-corrected chi connectivity index (χ1v) is 5.13. The zero-order valence-corrected chi connectivity index (χ0v) is 8.95. The second kappa shape index (κ2) is 3.56. The molecule has 1 aromatic heterocycles. The molecule has 0 aliphatic carbocycles. The molecule has 5 nitrogen and oxygen atoms in total. The van der Waals surface area contributed by atoms with Gasteiger partial charge in [0, 0.05) is 18.9 Å². The Bertz CT molecular complexity index is 384. The van der Waals surface area contributed by atoms with Crippen LogP contribution >= 0.6 is 0 Å². The van der Waals surface area contributed by atoms with Gasteiger partial charge in [0.05, 0.1) is 17.9 Å². The lowest BCUT2D eigenvalue weighted by Crippen LogP contribution is -2.34. The van der Waals surface area contributed by atoms with Gasteiger partial charge in [0.1, 0.15) is 5.82 Å². The lowest BCUT2D eigenvalue weighted by Gasteiger charge is -2.22. The molecule has 0 radical (unpaired) electrons. The summed E-state index contributed by atoms with van der Waals surface area (Å²) < 4.78 is 0. The maximum absolute atomic E-state index is 10.8. The lowest BCUT2D eigenvalue weighted by molar-refractivity contribution is 0.139. The molecule has 0 atom stereocenters. The molecule has 1 aliphatic rings. The third kappa shape index (κ3) is 1.82. The fourth-order valence-corrected chi connectivity index (χ4v) is 1.75. The number of aromatic amines is 1. The standard InChI is InChI=1S/C10H15N3O2/c1-6(2)9-11-7-3-4-13(10(14)15)5-8(7)12-9/h6H,3-5H2,1-2H3,(H,11,12)(H,14,15). The molecule has 5 heteroatoms. The van der Waals surface area contributed by atoms with Crippen LogP contribution in [-0.4, -0.2) is 32.6 Å². The van der Waals surface area contributed by atoms with Gasteiger partial charge >= 0.3 is 6.09 Å². The minimum atomic E-state index is -0.860. The number of carboxylic acid groups (broad SMARTS) is 1. The first-order valence-electron chi connectivity index (χ1n) is 5.13. The minimum absolute atomic E-state index is 0.355. The van der Waals surface area contributed by atoms with Gasteiger partial charge in [-0.15, -0.1) is 0 Å². The van der Waals surface area contributed by atoms with Gasteiger partial charge < -0.3 is 15.0 Å². The number of rotatable bonds is 1. The Morgan fingerprint density at radius 1 is 1.60 bits per heavy atom. The zero-order valence-electron chi connectivity index (χ0n) is 8.95. The fraction of sp³-hybridized carbons (Fsp3) is 0.600. The number of fused-ring (bicyclic) bond motifs is 1. The maximum atomic E-state index is 10.8. The van der Waals surface area contributed by atoms with E-state index in [4.69, 9.17) is 5.11 Å². The van der Waals surface area contributed by atoms with E-state index in [1.54, 1.807) is 0 Å². The first-order chi connectivity index (χ1) is 7.08. The van der Waals surface area contributed by atoms with E-state index in [1.165, 1.54) is 4.90 Å². The van der Waals surface area contributed by atoms with E-state index >= 15 is 0 Å². The van der Waals surface area contributed by atoms with Gasteiger partial charge in [-0.25, -0.2) is 9.78 Å². The quantitative estimate of drug-likeness (QED) is 0.737. The summed E-state index contributed by atoms with van der Waals surface area (Å²) >= 11 is 0. The van der Waals surface area contributed by atoms with Crippen molar-refractivity contribution in [3.63, 3.8) is 0 Å². The van der Waals surface area contributed by atoms with Crippen LogP contribution in [0.15, 0.2) is 0 Å². The highest BCUT2D eigenvalue weighted by molar-refractivity contribution is 5.65. The summed E-state index contributed by atoms with van der Waals surface area (Å²) in [5.74, 6) is 1.31. The number of hydrogen-bond donors (Lipinski definition) is 2. The maximum Gasteiger partial charge on any atom is 0.407 e. The van der Waals surface area contributed by atoms with Crippen LogP contribution in [0.2, 0.25) is 0 Å². The van der Waals surface area contributed by atoms with Crippen molar-refractivity contribution in [2.24, 2.45) is 0 Å². The predicted octanol–water partition coefficient (Wildman–Crippen LogP) is 1.57. The Labute approximate surface area is 88.1 Å². The SMILES string of the molecule is CC(C)c1nc2c([nH]1)CN(C(=O)O)CC2. The van der Waals surface area contributed by atoms with Crippen molar-refractivity contribution in [1.29, 1.82) is 0 Å². The van der Waals surface area contributed by atoms with Gasteiger partial charge in [0.2, 0.25) is 0 Å². The van der Waals surface area contributed by atoms with Crippen LogP contribution in [0.25, 0.3) is 0 Å². The van der Waals surface area contributed by atoms with E-state index in [0.29, 0.717) is 25.4 Å². The summed E-state index contributed by atoms with van der Waals surface area (Å²) in [6.45, 7) is 5.12. The number of imidazole rings is 1. The number of nitrogens with one attached hydrogen (secondary N) is 1. The molecule has 0 saturated carbocycles. The summed E-state index contributed by atoms with van der Waals surface area (Å²) in [4.78, 5) is 19.9. The third-order valence-corrected chi connectivity index (χ3v) is 2.67. The highest BCUT2D eigenvalue weighted by Crippen LogP contribution is 2.20. The van der Waals surface area contributed by atoms with Crippen molar-refractivity contribution in [2.45, 2.75) is 32.7 Å². The third-order valence-electron chi connectivity index (χ3n) is 2.67. The Morgan fingerprint density at radius 2 is 2.33 bits per heavy atom. The fourth-order valence-electron chi connectivity index (χ4n) is 1.75. The number of hydrogen-bond acceptors (Lipinski definition) is 2. The van der Waals surface area contributed by atoms with Crippen molar-refractivity contribution in [3.05, 3.63) is 17.2 Å². The van der Waals surface area contributed by atoms with Gasteiger partial charge in [-0.1, -0.05) is 13.8 Å². The van der Waals surface area contributed by atoms with Crippen molar-refractivity contribution < 1.29 is 9.90 Å². The Morgan fingerprint density at radius 3 is 2.93 bits per heavy atom. The minimum Gasteiger partial charge on any atom is -0.465 e. The molecule has 0 bridgehead atoms. The highest BCUT2D eigenvalue weighted by atomic mass is 16.4. The summed E-state index contributed by atoms with van der Waals surface area (Å²) in [5, 5.41) is 8.87. The molecule has 2 rings (SSSR count). The van der Waals surface area contributed by atoms with Crippen molar-refractivity contribution in [2.75, 3.05) is 6.54 Å². The number of amides is 1. The van der Waals surface area contributed by atoms with Crippen LogP contribution in [0.1, 0.15) is 37.0 Å². The van der Waals surface area contributed by atoms with Gasteiger partial charge in [0.15, 0.2) is 0 Å². The molecule has 1 aliphatic heterocycles. The first kappa shape index (κ1) is 10.0. The van der Waals surface area contributed by atoms with Crippen molar-refractivity contribution in [1.82, 2.24) is 14.9 Å². The van der Waals surface area contributed by atoms with E-state index in [2.05, 4.69) is 23.8 Å². The van der Waals surface area contributed by atoms with Gasteiger partial charge in [-0.05, 0) is 0 Å². The number of H-pyrrole nitrogens is 1. The molecule has 0 spiro atoms. The van der Waals surface area contributed by atoms with Crippen molar-refractivity contribution >= 4 is 6.09 Å². The molecule has 0 aromatic carbocycles. The summed E-state index contributed by atoms with van der Waals surface area (Å²) in [7, 11) is 0. The molecule has 2 heterocycles. The number of aromatic nitrogens is 2. The Kier molecular flexibility index (Phi) is 2.38. The van der Waals surface area contributed by atoms with Gasteiger partial charge in [-0.3, -0.25) is 0 Å². The molecule has 2 N–H and O–H groups in total. The van der Waals surface area contributed by atoms with E-state index in [9.17, 15) is 4.79 Å². The van der Waals surface area contributed by atoms with Gasteiger partial charge in [-0.2, -0.15) is 0 Å². The van der Waals surface area contributed by atoms with E-state index in [-0.39, 0.29) is 0 Å². The van der Waals surface area contributed by atoms with Crippen molar-refractivity contribution in [3.8, 4) is 0 Å². The van der Waals surface area contributed by atoms with E-state index in [1.807, 2.05) is 0 Å². The Hall–Kier alpha value is -1.52. The van der Waals surface area contributed by atoms with Crippen LogP contribution in [0.4, 0.5) is 4.79 Å². The normalized spacial score (nSPS) is 15.5. The topological polar surface area (TPSA) is 69.2 Å². The monoisotopic (exact) mass is 209 g/mol. The zero-order chi connectivity index (χ0) is 11.0. The lowest BCUT2D eigenvalue weighted by atomic mass is 10.1. The second-order valence-corrected chi connectivity index (χ2v) is 4.16. The number of carbonyl (C=O) groups is 1. The van der Waals surface area contributed by atoms with Crippen LogP contribution < -0.4 is 0 Å². The molecular weight excluding hydrogens is 194 g/mol. The second-order valence-electron chi connectivity index (χ2n) is 4.16. The largest absolute Gasteiger partial charge is 0.465 e.